The van der Waals surface area contributed by atoms with Crippen LogP contribution in [0.25, 0.3) is 0 Å². The predicted molar refractivity (Wildman–Crippen MR) is 85.9 cm³/mol. The monoisotopic (exact) mass is 358 g/mol. The number of ether oxygens (including phenoxy) is 3. The Bertz CT molecular complexity index is 470. The fraction of sp³-hybridized carbons (Fsp3) is 0.600. The first kappa shape index (κ1) is 16.5. The summed E-state index contributed by atoms with van der Waals surface area (Å²) < 4.78 is 18.2. The van der Waals surface area contributed by atoms with Crippen LogP contribution in [0.3, 0.4) is 0 Å². The summed E-state index contributed by atoms with van der Waals surface area (Å²) in [6, 6.07) is 3.89. The van der Waals surface area contributed by atoms with Crippen LogP contribution in [0.1, 0.15) is 12.5 Å². The Labute approximate surface area is 134 Å². The summed E-state index contributed by atoms with van der Waals surface area (Å²) in [5.41, 5.74) is 6.70. The molecule has 1 aromatic carbocycles. The fourth-order valence-electron chi connectivity index (χ4n) is 2.29. The molecular weight excluding hydrogens is 336 g/mol. The summed E-state index contributed by atoms with van der Waals surface area (Å²) in [4.78, 5) is 2.24. The number of hydrogen-bond donors (Lipinski definition) is 1. The van der Waals surface area contributed by atoms with E-state index in [0.29, 0.717) is 25.5 Å². The van der Waals surface area contributed by atoms with Crippen LogP contribution in [0.15, 0.2) is 16.6 Å². The summed E-state index contributed by atoms with van der Waals surface area (Å²) >= 11 is 3.53. The molecule has 2 N–H and O–H groups in total. The van der Waals surface area contributed by atoms with Crippen molar-refractivity contribution in [2.75, 3.05) is 40.0 Å². The maximum Gasteiger partial charge on any atom is 0.175 e. The minimum absolute atomic E-state index is 0.0827. The van der Waals surface area contributed by atoms with E-state index in [0.717, 1.165) is 35.5 Å². The third-order valence-electron chi connectivity index (χ3n) is 3.36. The lowest BCUT2D eigenvalue weighted by atomic mass is 10.2. The molecule has 1 unspecified atom stereocenters. The number of hydrogen-bond acceptors (Lipinski definition) is 5. The Morgan fingerprint density at radius 3 is 2.90 bits per heavy atom. The van der Waals surface area contributed by atoms with Gasteiger partial charge in [-0.25, -0.2) is 0 Å². The lowest BCUT2D eigenvalue weighted by molar-refractivity contribution is -0.0407. The number of halogens is 1. The van der Waals surface area contributed by atoms with Gasteiger partial charge in [-0.15, -0.1) is 0 Å². The molecule has 1 aliphatic heterocycles. The Morgan fingerprint density at radius 2 is 2.24 bits per heavy atom. The summed E-state index contributed by atoms with van der Waals surface area (Å²) in [5.74, 6) is 1.43. The summed E-state index contributed by atoms with van der Waals surface area (Å²) in [6.45, 7) is 6.10. The summed E-state index contributed by atoms with van der Waals surface area (Å²) in [7, 11) is 2.09. The van der Waals surface area contributed by atoms with E-state index in [1.807, 2.05) is 19.1 Å². The van der Waals surface area contributed by atoms with Crippen molar-refractivity contribution in [3.05, 3.63) is 22.2 Å². The largest absolute Gasteiger partial charge is 0.490 e. The molecule has 1 aromatic rings. The van der Waals surface area contributed by atoms with Crippen molar-refractivity contribution in [3.8, 4) is 11.5 Å². The molecule has 0 saturated carbocycles. The molecule has 0 amide bonds. The van der Waals surface area contributed by atoms with Crippen molar-refractivity contribution in [2.45, 2.75) is 19.6 Å². The first-order valence-corrected chi connectivity index (χ1v) is 8.01. The molecule has 0 radical (unpaired) electrons. The molecule has 6 heteroatoms. The average Bonchev–Trinajstić information content (AvgIpc) is 2.46. The van der Waals surface area contributed by atoms with Gasteiger partial charge in [-0.3, -0.25) is 0 Å². The Kier molecular flexibility index (Phi) is 6.29. The summed E-state index contributed by atoms with van der Waals surface area (Å²) in [5, 5.41) is 0. The van der Waals surface area contributed by atoms with Crippen LogP contribution >= 0.6 is 15.9 Å². The van der Waals surface area contributed by atoms with Crippen LogP contribution < -0.4 is 15.2 Å². The second-order valence-corrected chi connectivity index (χ2v) is 5.96. The highest BCUT2D eigenvalue weighted by molar-refractivity contribution is 9.10. The van der Waals surface area contributed by atoms with Gasteiger partial charge in [-0.1, -0.05) is 0 Å². The lowest BCUT2D eigenvalue weighted by Crippen LogP contribution is -2.42. The molecule has 1 fully saturated rings. The van der Waals surface area contributed by atoms with Crippen LogP contribution in [0.4, 0.5) is 0 Å². The van der Waals surface area contributed by atoms with Gasteiger partial charge in [0.2, 0.25) is 0 Å². The van der Waals surface area contributed by atoms with Crippen molar-refractivity contribution < 1.29 is 14.2 Å². The topological polar surface area (TPSA) is 57.0 Å². The van der Waals surface area contributed by atoms with Crippen LogP contribution in [0.2, 0.25) is 0 Å². The number of nitrogens with two attached hydrogens (primary N) is 1. The predicted octanol–water partition coefficient (Wildman–Crippen LogP) is 2.02. The molecule has 2 rings (SSSR count). The molecule has 1 aliphatic rings. The van der Waals surface area contributed by atoms with Crippen molar-refractivity contribution >= 4 is 15.9 Å². The number of rotatable bonds is 6. The van der Waals surface area contributed by atoms with E-state index in [1.54, 1.807) is 0 Å². The zero-order valence-corrected chi connectivity index (χ0v) is 14.2. The molecule has 118 valence electrons. The molecule has 0 spiro atoms. The minimum Gasteiger partial charge on any atom is -0.490 e. The van der Waals surface area contributed by atoms with E-state index >= 15 is 0 Å². The van der Waals surface area contributed by atoms with Gasteiger partial charge in [0, 0.05) is 19.6 Å². The maximum absolute atomic E-state index is 5.94. The number of benzene rings is 1. The first-order chi connectivity index (χ1) is 10.1. The van der Waals surface area contributed by atoms with E-state index < -0.39 is 0 Å². The molecule has 1 saturated heterocycles. The normalized spacial score (nSPS) is 19.5. The molecule has 1 atom stereocenters. The number of likely N-dealkylation sites (N-methyl/N-ethyl adjacent to an activating group) is 1. The third-order valence-corrected chi connectivity index (χ3v) is 3.95. The Morgan fingerprint density at radius 1 is 1.43 bits per heavy atom. The van der Waals surface area contributed by atoms with Gasteiger partial charge in [-0.05, 0) is 47.6 Å². The highest BCUT2D eigenvalue weighted by Crippen LogP contribution is 2.37. The van der Waals surface area contributed by atoms with Gasteiger partial charge in [0.15, 0.2) is 11.5 Å². The molecule has 0 bridgehead atoms. The van der Waals surface area contributed by atoms with Crippen molar-refractivity contribution in [3.63, 3.8) is 0 Å². The van der Waals surface area contributed by atoms with E-state index in [2.05, 4.69) is 27.9 Å². The van der Waals surface area contributed by atoms with Gasteiger partial charge >= 0.3 is 0 Å². The SMILES string of the molecule is CCOc1cc(CN)cc(Br)c1OCC1CN(C)CCO1. The van der Waals surface area contributed by atoms with Gasteiger partial charge < -0.3 is 24.8 Å². The Hall–Kier alpha value is -0.820. The first-order valence-electron chi connectivity index (χ1n) is 7.22. The number of nitrogens with zero attached hydrogens (tertiary/aromatic N) is 1. The molecular formula is C15H23BrN2O3. The van der Waals surface area contributed by atoms with E-state index in [-0.39, 0.29) is 6.10 Å². The molecule has 1 heterocycles. The zero-order valence-electron chi connectivity index (χ0n) is 12.6. The van der Waals surface area contributed by atoms with Gasteiger partial charge in [-0.2, -0.15) is 0 Å². The molecule has 0 aromatic heterocycles. The Balaban J connectivity index is 2.07. The van der Waals surface area contributed by atoms with E-state index in [4.69, 9.17) is 19.9 Å². The maximum atomic E-state index is 5.94. The van der Waals surface area contributed by atoms with E-state index in [9.17, 15) is 0 Å². The summed E-state index contributed by atoms with van der Waals surface area (Å²) in [6.07, 6.45) is 0.0827. The van der Waals surface area contributed by atoms with Gasteiger partial charge in [0.05, 0.1) is 17.7 Å². The molecule has 0 aliphatic carbocycles. The second kappa shape index (κ2) is 7.98. The van der Waals surface area contributed by atoms with Crippen LogP contribution in [-0.4, -0.2) is 51.0 Å². The molecule has 5 nitrogen and oxygen atoms in total. The molecule has 21 heavy (non-hydrogen) atoms. The van der Waals surface area contributed by atoms with Crippen molar-refractivity contribution in [1.82, 2.24) is 4.90 Å². The quantitative estimate of drug-likeness (QED) is 0.842. The number of morpholine rings is 1. The highest BCUT2D eigenvalue weighted by atomic mass is 79.9. The van der Waals surface area contributed by atoms with Crippen molar-refractivity contribution in [1.29, 1.82) is 0 Å². The average molecular weight is 359 g/mol. The van der Waals surface area contributed by atoms with Crippen LogP contribution in [-0.2, 0) is 11.3 Å². The second-order valence-electron chi connectivity index (χ2n) is 5.11. The van der Waals surface area contributed by atoms with Gasteiger partial charge in [0.25, 0.3) is 0 Å². The van der Waals surface area contributed by atoms with Gasteiger partial charge in [0.1, 0.15) is 12.7 Å². The fourth-order valence-corrected chi connectivity index (χ4v) is 2.89. The standard InChI is InChI=1S/C15H23BrN2O3/c1-3-19-14-7-11(8-17)6-13(16)15(14)21-10-12-9-18(2)4-5-20-12/h6-7,12H,3-5,8-10,17H2,1-2H3. The zero-order chi connectivity index (χ0) is 15.2. The highest BCUT2D eigenvalue weighted by Gasteiger charge is 2.20. The minimum atomic E-state index is 0.0827. The van der Waals surface area contributed by atoms with Crippen LogP contribution in [0, 0.1) is 0 Å². The van der Waals surface area contributed by atoms with Crippen LogP contribution in [0.5, 0.6) is 11.5 Å². The third kappa shape index (κ3) is 4.57. The van der Waals surface area contributed by atoms with E-state index in [1.165, 1.54) is 0 Å². The lowest BCUT2D eigenvalue weighted by Gasteiger charge is -2.30. The smallest absolute Gasteiger partial charge is 0.175 e. The van der Waals surface area contributed by atoms with Crippen molar-refractivity contribution in [2.24, 2.45) is 5.73 Å².